The smallest absolute Gasteiger partial charge is 0.118 e. The highest BCUT2D eigenvalue weighted by atomic mass is 32.2. The van der Waals surface area contributed by atoms with Crippen molar-refractivity contribution in [2.24, 2.45) is 0 Å². The van der Waals surface area contributed by atoms with Gasteiger partial charge in [0.1, 0.15) is 5.75 Å². The second-order valence-electron chi connectivity index (χ2n) is 3.56. The van der Waals surface area contributed by atoms with E-state index < -0.39 is 0 Å². The van der Waals surface area contributed by atoms with Crippen LogP contribution in [-0.4, -0.2) is 23.2 Å². The fourth-order valence-corrected chi connectivity index (χ4v) is 4.48. The molecule has 0 atom stereocenters. The number of hydrogen-bond donors (Lipinski definition) is 0. The normalized spacial score (nSPS) is 16.9. The monoisotopic (exact) mass is 240 g/mol. The number of thioether (sulfide) groups is 2. The zero-order valence-corrected chi connectivity index (χ0v) is 10.6. The molecule has 3 heteroatoms. The first kappa shape index (κ1) is 11.2. The predicted octanol–water partition coefficient (Wildman–Crippen LogP) is 3.43. The Morgan fingerprint density at radius 2 is 1.87 bits per heavy atom. The van der Waals surface area contributed by atoms with Gasteiger partial charge >= 0.3 is 0 Å². The van der Waals surface area contributed by atoms with Crippen LogP contribution in [0.4, 0.5) is 0 Å². The molecule has 0 N–H and O–H groups in total. The fourth-order valence-electron chi connectivity index (χ4n) is 1.65. The van der Waals surface area contributed by atoms with Gasteiger partial charge in [0.15, 0.2) is 0 Å². The van der Waals surface area contributed by atoms with Crippen LogP contribution in [0.25, 0.3) is 0 Å². The Morgan fingerprint density at radius 3 is 2.47 bits per heavy atom. The summed E-state index contributed by atoms with van der Waals surface area (Å²) in [6.45, 7) is 0. The van der Waals surface area contributed by atoms with Crippen molar-refractivity contribution in [3.63, 3.8) is 0 Å². The van der Waals surface area contributed by atoms with Gasteiger partial charge in [-0.05, 0) is 30.5 Å². The Morgan fingerprint density at radius 1 is 1.20 bits per heavy atom. The number of ether oxygens (including phenoxy) is 1. The lowest BCUT2D eigenvalue weighted by Gasteiger charge is -2.07. The van der Waals surface area contributed by atoms with Crippen LogP contribution < -0.4 is 4.74 Å². The average molecular weight is 240 g/mol. The largest absolute Gasteiger partial charge is 0.497 e. The molecule has 1 heterocycles. The van der Waals surface area contributed by atoms with E-state index in [0.29, 0.717) is 0 Å². The van der Waals surface area contributed by atoms with E-state index in [-0.39, 0.29) is 0 Å². The minimum atomic E-state index is 0.826. The first-order valence-electron chi connectivity index (χ1n) is 5.24. The first-order chi connectivity index (χ1) is 7.38. The Bertz CT molecular complexity index is 291. The van der Waals surface area contributed by atoms with E-state index in [2.05, 4.69) is 35.7 Å². The van der Waals surface area contributed by atoms with E-state index in [1.165, 1.54) is 29.9 Å². The maximum atomic E-state index is 5.14. The molecular weight excluding hydrogens is 224 g/mol. The zero-order chi connectivity index (χ0) is 10.5. The quantitative estimate of drug-likeness (QED) is 0.798. The van der Waals surface area contributed by atoms with Crippen molar-refractivity contribution in [2.45, 2.75) is 17.4 Å². The van der Waals surface area contributed by atoms with Crippen LogP contribution in [0.15, 0.2) is 24.3 Å². The second-order valence-corrected chi connectivity index (χ2v) is 6.48. The van der Waals surface area contributed by atoms with Crippen LogP contribution in [-0.2, 0) is 6.42 Å². The molecular formula is C12H16OS2. The number of rotatable bonds is 4. The molecule has 82 valence electrons. The van der Waals surface area contributed by atoms with E-state index in [1.807, 2.05) is 12.1 Å². The maximum Gasteiger partial charge on any atom is 0.118 e. The number of methoxy groups -OCH3 is 1. The summed E-state index contributed by atoms with van der Waals surface area (Å²) in [5, 5.41) is 0. The third kappa shape index (κ3) is 3.35. The Kier molecular flexibility index (Phi) is 4.27. The van der Waals surface area contributed by atoms with Gasteiger partial charge in [0.05, 0.1) is 11.7 Å². The third-order valence-electron chi connectivity index (χ3n) is 2.52. The molecule has 0 spiro atoms. The molecule has 0 aliphatic carbocycles. The van der Waals surface area contributed by atoms with E-state index >= 15 is 0 Å². The van der Waals surface area contributed by atoms with Crippen LogP contribution in [0, 0.1) is 0 Å². The van der Waals surface area contributed by atoms with Gasteiger partial charge in [-0.2, -0.15) is 0 Å². The maximum absolute atomic E-state index is 5.14. The molecule has 1 fully saturated rings. The summed E-state index contributed by atoms with van der Waals surface area (Å²) in [7, 11) is 1.71. The zero-order valence-electron chi connectivity index (χ0n) is 8.94. The van der Waals surface area contributed by atoms with Gasteiger partial charge in [0.2, 0.25) is 0 Å². The lowest BCUT2D eigenvalue weighted by molar-refractivity contribution is 0.414. The Hall–Kier alpha value is -0.280. The minimum absolute atomic E-state index is 0.826. The van der Waals surface area contributed by atoms with Crippen molar-refractivity contribution in [1.82, 2.24) is 0 Å². The van der Waals surface area contributed by atoms with Crippen LogP contribution in [0.5, 0.6) is 5.75 Å². The number of hydrogen-bond acceptors (Lipinski definition) is 3. The Balaban J connectivity index is 1.82. The Labute approximate surface area is 100.0 Å². The molecule has 15 heavy (non-hydrogen) atoms. The molecule has 1 aromatic carbocycles. The van der Waals surface area contributed by atoms with Crippen molar-refractivity contribution >= 4 is 23.5 Å². The highest BCUT2D eigenvalue weighted by Gasteiger charge is 2.15. The van der Waals surface area contributed by atoms with Crippen molar-refractivity contribution < 1.29 is 4.74 Å². The van der Waals surface area contributed by atoms with Crippen molar-refractivity contribution in [1.29, 1.82) is 0 Å². The molecule has 0 bridgehead atoms. The lowest BCUT2D eigenvalue weighted by atomic mass is 10.1. The molecule has 1 saturated heterocycles. The van der Waals surface area contributed by atoms with E-state index in [4.69, 9.17) is 4.74 Å². The highest BCUT2D eigenvalue weighted by Crippen LogP contribution is 2.34. The molecule has 0 amide bonds. The van der Waals surface area contributed by atoms with Crippen LogP contribution >= 0.6 is 23.5 Å². The molecule has 1 aromatic rings. The molecule has 0 unspecified atom stereocenters. The summed E-state index contributed by atoms with van der Waals surface area (Å²) in [5.41, 5.74) is 1.42. The molecule has 0 saturated carbocycles. The molecule has 2 rings (SSSR count). The summed E-state index contributed by atoms with van der Waals surface area (Å²) in [6, 6.07) is 8.43. The summed E-state index contributed by atoms with van der Waals surface area (Å²) in [6.07, 6.45) is 2.48. The third-order valence-corrected chi connectivity index (χ3v) is 5.69. The summed E-state index contributed by atoms with van der Waals surface area (Å²) >= 11 is 4.22. The lowest BCUT2D eigenvalue weighted by Crippen LogP contribution is -1.95. The topological polar surface area (TPSA) is 9.23 Å². The predicted molar refractivity (Wildman–Crippen MR) is 70.0 cm³/mol. The van der Waals surface area contributed by atoms with Crippen molar-refractivity contribution in [3.8, 4) is 5.75 Å². The number of benzene rings is 1. The second kappa shape index (κ2) is 5.71. The fraction of sp³-hybridized carbons (Fsp3) is 0.500. The van der Waals surface area contributed by atoms with E-state index in [9.17, 15) is 0 Å². The van der Waals surface area contributed by atoms with Gasteiger partial charge in [-0.3, -0.25) is 0 Å². The summed E-state index contributed by atoms with van der Waals surface area (Å²) in [5.74, 6) is 3.61. The van der Waals surface area contributed by atoms with E-state index in [0.717, 1.165) is 10.3 Å². The summed E-state index contributed by atoms with van der Waals surface area (Å²) < 4.78 is 5.96. The van der Waals surface area contributed by atoms with Gasteiger partial charge in [-0.1, -0.05) is 12.1 Å². The van der Waals surface area contributed by atoms with Crippen LogP contribution in [0.1, 0.15) is 12.0 Å². The molecule has 1 aliphatic heterocycles. The summed E-state index contributed by atoms with van der Waals surface area (Å²) in [4.78, 5) is 0. The molecule has 0 aromatic heterocycles. The molecule has 1 nitrogen and oxygen atoms in total. The SMILES string of the molecule is COc1ccc(CCC2SCCS2)cc1. The number of aryl methyl sites for hydroxylation is 1. The highest BCUT2D eigenvalue weighted by molar-refractivity contribution is 8.20. The van der Waals surface area contributed by atoms with Crippen LogP contribution in [0.3, 0.4) is 0 Å². The molecule has 0 radical (unpaired) electrons. The van der Waals surface area contributed by atoms with Gasteiger partial charge in [-0.15, -0.1) is 23.5 Å². The van der Waals surface area contributed by atoms with Crippen LogP contribution in [0.2, 0.25) is 0 Å². The minimum Gasteiger partial charge on any atom is -0.497 e. The van der Waals surface area contributed by atoms with Crippen molar-refractivity contribution in [2.75, 3.05) is 18.6 Å². The standard InChI is InChI=1S/C12H16OS2/c1-13-11-5-2-10(3-6-11)4-7-12-14-8-9-15-12/h2-3,5-6,12H,4,7-9H2,1H3. The first-order valence-corrected chi connectivity index (χ1v) is 7.34. The van der Waals surface area contributed by atoms with E-state index in [1.54, 1.807) is 7.11 Å². The van der Waals surface area contributed by atoms with Gasteiger partial charge in [-0.25, -0.2) is 0 Å². The van der Waals surface area contributed by atoms with Gasteiger partial charge in [0.25, 0.3) is 0 Å². The van der Waals surface area contributed by atoms with Crippen molar-refractivity contribution in [3.05, 3.63) is 29.8 Å². The van der Waals surface area contributed by atoms with Gasteiger partial charge in [0, 0.05) is 11.5 Å². The van der Waals surface area contributed by atoms with Gasteiger partial charge < -0.3 is 4.74 Å². The average Bonchev–Trinajstić information content (AvgIpc) is 2.80. The molecule has 1 aliphatic rings.